The van der Waals surface area contributed by atoms with Crippen LogP contribution in [0.2, 0.25) is 0 Å². The van der Waals surface area contributed by atoms with Crippen LogP contribution in [0.4, 0.5) is 17.1 Å². The van der Waals surface area contributed by atoms with Crippen molar-refractivity contribution in [1.29, 1.82) is 0 Å². The lowest BCUT2D eigenvalue weighted by Gasteiger charge is -2.40. The highest BCUT2D eigenvalue weighted by Gasteiger charge is 2.52. The summed E-state index contributed by atoms with van der Waals surface area (Å²) >= 11 is 1.89. The Labute approximate surface area is 405 Å². The van der Waals surface area contributed by atoms with E-state index < -0.39 is 10.8 Å². The predicted molar refractivity (Wildman–Crippen MR) is 283 cm³/mol. The van der Waals surface area contributed by atoms with E-state index >= 15 is 0 Å². The summed E-state index contributed by atoms with van der Waals surface area (Å²) in [5.41, 5.74) is 19.9. The third kappa shape index (κ3) is 5.17. The number of fused-ring (bicyclic) bond motifs is 20. The maximum absolute atomic E-state index is 6.74. The second-order valence-electron chi connectivity index (χ2n) is 18.6. The van der Waals surface area contributed by atoms with Crippen molar-refractivity contribution < 1.29 is 4.74 Å². The average Bonchev–Trinajstić information content (AvgIpc) is 3.87. The van der Waals surface area contributed by atoms with Gasteiger partial charge in [0.25, 0.3) is 0 Å². The molecule has 2 nitrogen and oxygen atoms in total. The van der Waals surface area contributed by atoms with Gasteiger partial charge < -0.3 is 9.64 Å². The van der Waals surface area contributed by atoms with Crippen molar-refractivity contribution in [3.05, 3.63) is 293 Å². The van der Waals surface area contributed by atoms with Gasteiger partial charge >= 0.3 is 0 Å². The van der Waals surface area contributed by atoms with Crippen LogP contribution >= 0.6 is 11.8 Å². The number of anilines is 3. The molecule has 15 rings (SSSR count). The van der Waals surface area contributed by atoms with E-state index in [4.69, 9.17) is 4.74 Å². The van der Waals surface area contributed by atoms with Gasteiger partial charge in [-0.15, -0.1) is 0 Å². The van der Waals surface area contributed by atoms with Crippen molar-refractivity contribution in [2.45, 2.75) is 20.6 Å². The average molecular weight is 896 g/mol. The fraction of sp³-hybridized carbons (Fsp3) is 0.0303. The number of rotatable bonds is 4. The number of hydrogen-bond donors (Lipinski definition) is 0. The lowest BCUT2D eigenvalue weighted by molar-refractivity contribution is 0.436. The molecule has 0 N–H and O–H groups in total. The summed E-state index contributed by atoms with van der Waals surface area (Å²) < 4.78 is 6.74. The Balaban J connectivity index is 1.00. The molecule has 0 fully saturated rings. The highest BCUT2D eigenvalue weighted by molar-refractivity contribution is 7.99. The normalized spacial score (nSPS) is 14.4. The molecule has 4 aliphatic rings. The molecular weight excluding hydrogens is 855 g/mol. The van der Waals surface area contributed by atoms with E-state index in [1.54, 1.807) is 0 Å². The topological polar surface area (TPSA) is 12.5 Å². The summed E-state index contributed by atoms with van der Waals surface area (Å²) in [6.07, 6.45) is 0. The van der Waals surface area contributed by atoms with Gasteiger partial charge in [-0.3, -0.25) is 0 Å². The Bertz CT molecular complexity index is 3840. The molecule has 2 aliphatic carbocycles. The van der Waals surface area contributed by atoms with E-state index in [0.717, 1.165) is 39.7 Å². The molecule has 0 unspecified atom stereocenters. The highest BCUT2D eigenvalue weighted by Crippen LogP contribution is 2.65. The minimum atomic E-state index is -0.599. The number of benzene rings is 11. The number of para-hydroxylation sites is 2. The standard InChI is InChI=1S/C66H41NOS/c1-2-17-42(18-3-1)43-33-35-44(36-34-43)67(45-37-38-47-46-19-4-6-22-51(46)65(58(47)41-45)53-24-8-12-29-60(53)68-61-30-13-9-25-54(61)65)59-28-16-21-49-48(59)39-40-57-64(49)50-20-5-7-23-52(50)66(57)55-26-10-14-31-62(55)69-63-32-15-11-27-56(63)66/h1-41H. The molecule has 0 amide bonds. The van der Waals surface area contributed by atoms with Crippen LogP contribution in [-0.4, -0.2) is 0 Å². The lowest BCUT2D eigenvalue weighted by Crippen LogP contribution is -2.32. The monoisotopic (exact) mass is 895 g/mol. The smallest absolute Gasteiger partial charge is 0.132 e. The van der Waals surface area contributed by atoms with Crippen molar-refractivity contribution in [2.24, 2.45) is 0 Å². The van der Waals surface area contributed by atoms with E-state index in [9.17, 15) is 0 Å². The summed E-state index contributed by atoms with van der Waals surface area (Å²) in [4.78, 5) is 5.11. The molecule has 0 radical (unpaired) electrons. The van der Waals surface area contributed by atoms with Crippen LogP contribution in [0.5, 0.6) is 11.5 Å². The van der Waals surface area contributed by atoms with Crippen LogP contribution in [0.25, 0.3) is 44.2 Å². The molecule has 2 spiro atoms. The van der Waals surface area contributed by atoms with E-state index in [-0.39, 0.29) is 0 Å². The van der Waals surface area contributed by atoms with Crippen molar-refractivity contribution in [2.75, 3.05) is 4.90 Å². The quantitative estimate of drug-likeness (QED) is 0.175. The van der Waals surface area contributed by atoms with Gasteiger partial charge in [-0.05, 0) is 127 Å². The van der Waals surface area contributed by atoms with Crippen LogP contribution in [-0.2, 0) is 10.8 Å². The largest absolute Gasteiger partial charge is 0.457 e. The molecule has 2 aliphatic heterocycles. The van der Waals surface area contributed by atoms with Crippen molar-refractivity contribution >= 4 is 39.6 Å². The fourth-order valence-corrected chi connectivity index (χ4v) is 13.9. The van der Waals surface area contributed by atoms with Crippen LogP contribution in [0.3, 0.4) is 0 Å². The SMILES string of the molecule is c1ccc(-c2ccc(N(c3ccc4c(c3)C3(c5ccccc5Oc5ccccc53)c3ccccc3-4)c3cccc4c5c(ccc34)C3(c4ccccc4Sc4ccccc43)c3ccccc3-5)cc2)cc1. The van der Waals surface area contributed by atoms with E-state index in [1.165, 1.54) is 87.3 Å². The predicted octanol–water partition coefficient (Wildman–Crippen LogP) is 17.3. The Morgan fingerprint density at radius 2 is 0.841 bits per heavy atom. The molecule has 0 saturated heterocycles. The fourth-order valence-electron chi connectivity index (χ4n) is 12.7. The molecule has 322 valence electrons. The zero-order chi connectivity index (χ0) is 45.3. The van der Waals surface area contributed by atoms with Gasteiger partial charge in [0.15, 0.2) is 0 Å². The van der Waals surface area contributed by atoms with E-state index in [2.05, 4.69) is 254 Å². The molecule has 3 heteroatoms. The number of nitrogens with zero attached hydrogens (tertiary/aromatic N) is 1. The van der Waals surface area contributed by atoms with Crippen LogP contribution in [0.15, 0.2) is 259 Å². The minimum Gasteiger partial charge on any atom is -0.457 e. The third-order valence-corrected chi connectivity index (χ3v) is 16.6. The van der Waals surface area contributed by atoms with Crippen molar-refractivity contribution in [1.82, 2.24) is 0 Å². The second-order valence-corrected chi connectivity index (χ2v) is 19.7. The Morgan fingerprint density at radius 1 is 0.319 bits per heavy atom. The molecule has 2 heterocycles. The maximum Gasteiger partial charge on any atom is 0.132 e. The van der Waals surface area contributed by atoms with Gasteiger partial charge in [0.2, 0.25) is 0 Å². The summed E-state index contributed by atoms with van der Waals surface area (Å²) in [5, 5.41) is 2.44. The summed E-state index contributed by atoms with van der Waals surface area (Å²) in [7, 11) is 0. The summed E-state index contributed by atoms with van der Waals surface area (Å²) in [5.74, 6) is 1.78. The first-order valence-corrected chi connectivity index (χ1v) is 24.6. The number of ether oxygens (including phenoxy) is 1. The first-order valence-electron chi connectivity index (χ1n) is 23.8. The van der Waals surface area contributed by atoms with Gasteiger partial charge in [-0.25, -0.2) is 0 Å². The first-order chi connectivity index (χ1) is 34.2. The zero-order valence-corrected chi connectivity index (χ0v) is 38.3. The van der Waals surface area contributed by atoms with Gasteiger partial charge in [0.05, 0.1) is 16.5 Å². The van der Waals surface area contributed by atoms with Gasteiger partial charge in [-0.1, -0.05) is 206 Å². The molecule has 0 aromatic heterocycles. The first kappa shape index (κ1) is 38.7. The van der Waals surface area contributed by atoms with Crippen molar-refractivity contribution in [3.8, 4) is 44.9 Å². The Hall–Kier alpha value is -8.37. The maximum atomic E-state index is 6.74. The van der Waals surface area contributed by atoms with Gasteiger partial charge in [0, 0.05) is 37.7 Å². The Morgan fingerprint density at radius 3 is 1.54 bits per heavy atom. The molecule has 0 atom stereocenters. The molecule has 0 saturated carbocycles. The highest BCUT2D eigenvalue weighted by atomic mass is 32.2. The molecular formula is C66H41NOS. The molecule has 69 heavy (non-hydrogen) atoms. The van der Waals surface area contributed by atoms with Gasteiger partial charge in [0.1, 0.15) is 11.5 Å². The number of hydrogen-bond acceptors (Lipinski definition) is 3. The van der Waals surface area contributed by atoms with E-state index in [0.29, 0.717) is 0 Å². The van der Waals surface area contributed by atoms with Crippen molar-refractivity contribution in [3.63, 3.8) is 0 Å². The molecule has 11 aromatic rings. The molecule has 0 bridgehead atoms. The minimum absolute atomic E-state index is 0.457. The van der Waals surface area contributed by atoms with E-state index in [1.807, 2.05) is 11.8 Å². The second kappa shape index (κ2) is 14.6. The summed E-state index contributed by atoms with van der Waals surface area (Å²) in [6.45, 7) is 0. The summed E-state index contributed by atoms with van der Waals surface area (Å²) in [6, 6.07) is 92.3. The Kier molecular flexibility index (Phi) is 8.17. The zero-order valence-electron chi connectivity index (χ0n) is 37.4. The third-order valence-electron chi connectivity index (χ3n) is 15.4. The van der Waals surface area contributed by atoms with Gasteiger partial charge in [-0.2, -0.15) is 0 Å². The van der Waals surface area contributed by atoms with Crippen LogP contribution in [0.1, 0.15) is 44.5 Å². The van der Waals surface area contributed by atoms with Crippen LogP contribution < -0.4 is 9.64 Å². The molecule has 11 aromatic carbocycles. The van der Waals surface area contributed by atoms with Crippen LogP contribution in [0, 0.1) is 0 Å². The lowest BCUT2D eigenvalue weighted by atomic mass is 9.66.